The first-order chi connectivity index (χ1) is 14.3. The molecule has 0 aromatic heterocycles. The molecular formula is C27H42N2O. The first-order valence-corrected chi connectivity index (χ1v) is 12.4. The highest BCUT2D eigenvalue weighted by atomic mass is 16.2. The Kier molecular flexibility index (Phi) is 5.81. The average Bonchev–Trinajstić information content (AvgIpc) is 2.66. The molecule has 5 rings (SSSR count). The predicted octanol–water partition coefficient (Wildman–Crippen LogP) is 5.57. The Morgan fingerprint density at radius 3 is 2.30 bits per heavy atom. The number of carbonyl (C=O) groups excluding carboxylic acids is 1. The molecule has 2 bridgehead atoms. The molecule has 4 atom stereocenters. The molecule has 30 heavy (non-hydrogen) atoms. The maximum atomic E-state index is 13.5. The minimum atomic E-state index is -0.238. The van der Waals surface area contributed by atoms with E-state index in [1.165, 1.54) is 24.8 Å². The number of nitrogens with two attached hydrogens (primary N) is 1. The molecule has 0 radical (unpaired) electrons. The summed E-state index contributed by atoms with van der Waals surface area (Å²) in [5.41, 5.74) is 7.86. The summed E-state index contributed by atoms with van der Waals surface area (Å²) in [5.74, 6) is 1.74. The lowest BCUT2D eigenvalue weighted by Gasteiger charge is -2.58. The van der Waals surface area contributed by atoms with Gasteiger partial charge >= 0.3 is 0 Å². The summed E-state index contributed by atoms with van der Waals surface area (Å²) >= 11 is 0. The summed E-state index contributed by atoms with van der Waals surface area (Å²) in [6.07, 6.45) is 10.4. The summed E-state index contributed by atoms with van der Waals surface area (Å²) in [6.45, 7) is 8.65. The Bertz CT molecular complexity index is 743. The lowest BCUT2D eigenvalue weighted by molar-refractivity contribution is -0.140. The molecule has 1 aromatic carbocycles. The first-order valence-electron chi connectivity index (χ1n) is 12.4. The maximum absolute atomic E-state index is 13.5. The van der Waals surface area contributed by atoms with Gasteiger partial charge in [0.1, 0.15) is 0 Å². The largest absolute Gasteiger partial charge is 0.353 e. The number of nitrogens with one attached hydrogen (secondary N) is 1. The van der Waals surface area contributed by atoms with E-state index in [-0.39, 0.29) is 10.8 Å². The molecule has 3 N–H and O–H groups in total. The Morgan fingerprint density at radius 2 is 1.67 bits per heavy atom. The predicted molar refractivity (Wildman–Crippen MR) is 124 cm³/mol. The Morgan fingerprint density at radius 1 is 1.00 bits per heavy atom. The van der Waals surface area contributed by atoms with Crippen molar-refractivity contribution in [2.75, 3.05) is 0 Å². The van der Waals surface area contributed by atoms with E-state index in [0.29, 0.717) is 29.3 Å². The number of amides is 1. The molecule has 166 valence electrons. The smallest absolute Gasteiger partial charge is 0.226 e. The molecule has 4 saturated carbocycles. The zero-order chi connectivity index (χ0) is 21.6. The number of benzene rings is 1. The van der Waals surface area contributed by atoms with Crippen LogP contribution in [-0.2, 0) is 10.2 Å². The molecule has 4 unspecified atom stereocenters. The molecule has 4 aliphatic rings. The van der Waals surface area contributed by atoms with E-state index < -0.39 is 0 Å². The molecule has 0 aliphatic heterocycles. The molecule has 0 heterocycles. The second-order valence-electron chi connectivity index (χ2n) is 11.5. The standard InChI is InChI=1S/C25H36N2O.C2H6/c1-17-8-18-10-23(2,16-25(9-17,11-18)19-6-4-3-5-7-19)22(28)27-21-14-24(15-21)12-20(26)13-24;1-2/h3-7,17-18,20-21H,8-16,26H2,1-2H3,(H,27,28);1-2H3. The highest BCUT2D eigenvalue weighted by Gasteiger charge is 2.55. The summed E-state index contributed by atoms with van der Waals surface area (Å²) in [5, 5.41) is 3.45. The zero-order valence-electron chi connectivity index (χ0n) is 19.5. The molecule has 3 nitrogen and oxygen atoms in total. The van der Waals surface area contributed by atoms with Crippen LogP contribution in [0.1, 0.15) is 91.0 Å². The lowest BCUT2D eigenvalue weighted by atomic mass is 9.50. The average molecular weight is 411 g/mol. The highest BCUT2D eigenvalue weighted by Crippen LogP contribution is 2.59. The van der Waals surface area contributed by atoms with Crippen LogP contribution in [0.4, 0.5) is 0 Å². The SMILES string of the molecule is CC.CC1CC2CC(C)(C(=O)NC3CC4(CC(N)C4)C3)CC(c3ccccc3)(C1)C2. The molecule has 1 aromatic rings. The third-order valence-corrected chi connectivity index (χ3v) is 8.64. The monoisotopic (exact) mass is 410 g/mol. The summed E-state index contributed by atoms with van der Waals surface area (Å²) in [7, 11) is 0. The van der Waals surface area contributed by atoms with Crippen LogP contribution >= 0.6 is 0 Å². The molecule has 0 saturated heterocycles. The maximum Gasteiger partial charge on any atom is 0.226 e. The summed E-state index contributed by atoms with van der Waals surface area (Å²) in [4.78, 5) is 13.5. The zero-order valence-corrected chi connectivity index (χ0v) is 19.5. The van der Waals surface area contributed by atoms with Crippen LogP contribution in [0.5, 0.6) is 0 Å². The van der Waals surface area contributed by atoms with Gasteiger partial charge in [-0.1, -0.05) is 58.0 Å². The van der Waals surface area contributed by atoms with Crippen molar-refractivity contribution >= 4 is 5.91 Å². The fourth-order valence-electron chi connectivity index (χ4n) is 7.93. The van der Waals surface area contributed by atoms with Gasteiger partial charge in [0.05, 0.1) is 0 Å². The van der Waals surface area contributed by atoms with Crippen molar-refractivity contribution in [2.24, 2.45) is 28.4 Å². The van der Waals surface area contributed by atoms with Crippen molar-refractivity contribution in [2.45, 2.75) is 103 Å². The minimum absolute atomic E-state index is 0.176. The van der Waals surface area contributed by atoms with E-state index in [4.69, 9.17) is 5.73 Å². The van der Waals surface area contributed by atoms with Crippen LogP contribution in [-0.4, -0.2) is 18.0 Å². The van der Waals surface area contributed by atoms with Gasteiger partial charge in [-0.25, -0.2) is 0 Å². The van der Waals surface area contributed by atoms with Gasteiger partial charge in [0.15, 0.2) is 0 Å². The van der Waals surface area contributed by atoms with Crippen LogP contribution in [0, 0.1) is 22.7 Å². The van der Waals surface area contributed by atoms with E-state index >= 15 is 0 Å². The van der Waals surface area contributed by atoms with Gasteiger partial charge in [0.2, 0.25) is 5.91 Å². The lowest BCUT2D eigenvalue weighted by Crippen LogP contribution is -2.61. The van der Waals surface area contributed by atoms with Crippen LogP contribution < -0.4 is 11.1 Å². The topological polar surface area (TPSA) is 55.1 Å². The summed E-state index contributed by atoms with van der Waals surface area (Å²) in [6, 6.07) is 11.8. The van der Waals surface area contributed by atoms with Gasteiger partial charge in [-0.05, 0) is 86.0 Å². The van der Waals surface area contributed by atoms with Gasteiger partial charge in [0.25, 0.3) is 0 Å². The number of hydrogen-bond acceptors (Lipinski definition) is 2. The Hall–Kier alpha value is -1.35. The van der Waals surface area contributed by atoms with E-state index in [1.807, 2.05) is 13.8 Å². The number of carbonyl (C=O) groups is 1. The van der Waals surface area contributed by atoms with Crippen molar-refractivity contribution in [1.82, 2.24) is 5.32 Å². The van der Waals surface area contributed by atoms with Gasteiger partial charge < -0.3 is 11.1 Å². The van der Waals surface area contributed by atoms with Crippen molar-refractivity contribution in [3.63, 3.8) is 0 Å². The Labute approximate surface area is 183 Å². The van der Waals surface area contributed by atoms with E-state index in [9.17, 15) is 4.79 Å². The van der Waals surface area contributed by atoms with Crippen LogP contribution in [0.3, 0.4) is 0 Å². The number of hydrogen-bond donors (Lipinski definition) is 2. The number of rotatable bonds is 3. The van der Waals surface area contributed by atoms with E-state index in [1.54, 1.807) is 0 Å². The van der Waals surface area contributed by atoms with Crippen LogP contribution in [0.15, 0.2) is 30.3 Å². The third-order valence-electron chi connectivity index (χ3n) is 8.64. The molecular weight excluding hydrogens is 368 g/mol. The quantitative estimate of drug-likeness (QED) is 0.684. The van der Waals surface area contributed by atoms with Crippen molar-refractivity contribution < 1.29 is 4.79 Å². The molecule has 1 spiro atoms. The second-order valence-corrected chi connectivity index (χ2v) is 11.5. The van der Waals surface area contributed by atoms with Crippen molar-refractivity contribution in [3.8, 4) is 0 Å². The van der Waals surface area contributed by atoms with E-state index in [0.717, 1.165) is 44.4 Å². The van der Waals surface area contributed by atoms with Crippen LogP contribution in [0.25, 0.3) is 0 Å². The second kappa shape index (κ2) is 7.97. The normalized spacial score (nSPS) is 44.2. The fraction of sp³-hybridized carbons (Fsp3) is 0.741. The first kappa shape index (κ1) is 21.9. The minimum Gasteiger partial charge on any atom is -0.353 e. The third kappa shape index (κ3) is 3.83. The summed E-state index contributed by atoms with van der Waals surface area (Å²) < 4.78 is 0. The molecule has 4 aliphatic carbocycles. The fourth-order valence-corrected chi connectivity index (χ4v) is 7.93. The molecule has 3 heteroatoms. The van der Waals surface area contributed by atoms with Crippen molar-refractivity contribution in [1.29, 1.82) is 0 Å². The van der Waals surface area contributed by atoms with Gasteiger partial charge in [-0.3, -0.25) is 4.79 Å². The highest BCUT2D eigenvalue weighted by molar-refractivity contribution is 5.83. The number of fused-ring (bicyclic) bond motifs is 2. The van der Waals surface area contributed by atoms with Crippen molar-refractivity contribution in [3.05, 3.63) is 35.9 Å². The molecule has 4 fully saturated rings. The Balaban J connectivity index is 0.00000106. The van der Waals surface area contributed by atoms with Gasteiger partial charge in [0, 0.05) is 17.5 Å². The van der Waals surface area contributed by atoms with Crippen LogP contribution in [0.2, 0.25) is 0 Å². The van der Waals surface area contributed by atoms with E-state index in [2.05, 4.69) is 49.5 Å². The van der Waals surface area contributed by atoms with Gasteiger partial charge in [-0.15, -0.1) is 0 Å². The molecule has 1 amide bonds. The van der Waals surface area contributed by atoms with Gasteiger partial charge in [-0.2, -0.15) is 0 Å².